The Morgan fingerprint density at radius 1 is 1.19 bits per heavy atom. The molecule has 2 aromatic carbocycles. The summed E-state index contributed by atoms with van der Waals surface area (Å²) in [6.07, 6.45) is 1.13. The SMILES string of the molecule is C[C@H]1CCN(c2ccc(C(=O)N3CCC(F)(F)/C(=C\C(=O)NCC(N)=O)c4ccccc43)c(Cl)c2)C1. The van der Waals surface area contributed by atoms with Crippen LogP contribution in [0.15, 0.2) is 48.5 Å². The molecule has 0 radical (unpaired) electrons. The van der Waals surface area contributed by atoms with Crippen molar-refractivity contribution >= 4 is 46.3 Å². The van der Waals surface area contributed by atoms with Crippen LogP contribution in [0.1, 0.15) is 35.7 Å². The number of anilines is 2. The Morgan fingerprint density at radius 3 is 2.61 bits per heavy atom. The number of alkyl halides is 2. The number of hydrogen-bond acceptors (Lipinski definition) is 4. The third kappa shape index (κ3) is 5.36. The normalized spacial score (nSPS) is 20.1. The molecule has 1 fully saturated rings. The highest BCUT2D eigenvalue weighted by Gasteiger charge is 2.41. The first-order chi connectivity index (χ1) is 17.1. The molecular weight excluding hydrogens is 490 g/mol. The van der Waals surface area contributed by atoms with Crippen LogP contribution in [0.2, 0.25) is 5.02 Å². The first-order valence-corrected chi connectivity index (χ1v) is 12.1. The quantitative estimate of drug-likeness (QED) is 0.590. The van der Waals surface area contributed by atoms with E-state index in [0.29, 0.717) is 5.92 Å². The van der Waals surface area contributed by atoms with Gasteiger partial charge in [0, 0.05) is 49.0 Å². The molecule has 4 rings (SSSR count). The molecule has 190 valence electrons. The van der Waals surface area contributed by atoms with Crippen molar-refractivity contribution in [3.63, 3.8) is 0 Å². The number of carbonyl (C=O) groups is 3. The number of fused-ring (bicyclic) bond motifs is 1. The number of nitrogens with zero attached hydrogens (tertiary/aromatic N) is 2. The summed E-state index contributed by atoms with van der Waals surface area (Å²) in [5, 5.41) is 2.43. The van der Waals surface area contributed by atoms with Gasteiger partial charge in [0.25, 0.3) is 11.8 Å². The fraction of sp³-hybridized carbons (Fsp3) is 0.346. The van der Waals surface area contributed by atoms with Crippen LogP contribution >= 0.6 is 11.6 Å². The molecule has 0 unspecified atom stereocenters. The summed E-state index contributed by atoms with van der Waals surface area (Å²) in [6.45, 7) is 3.22. The van der Waals surface area contributed by atoms with E-state index in [1.807, 2.05) is 6.07 Å². The van der Waals surface area contributed by atoms with Crippen molar-refractivity contribution < 1.29 is 23.2 Å². The van der Waals surface area contributed by atoms with Gasteiger partial charge in [0.15, 0.2) is 0 Å². The van der Waals surface area contributed by atoms with E-state index in [2.05, 4.69) is 17.1 Å². The molecule has 2 aliphatic rings. The number of primary amides is 1. The zero-order valence-electron chi connectivity index (χ0n) is 19.8. The van der Waals surface area contributed by atoms with Gasteiger partial charge >= 0.3 is 0 Å². The molecule has 3 amide bonds. The third-order valence-electron chi connectivity index (χ3n) is 6.46. The number of nitrogens with one attached hydrogen (secondary N) is 1. The zero-order valence-corrected chi connectivity index (χ0v) is 20.5. The van der Waals surface area contributed by atoms with E-state index in [1.54, 1.807) is 30.3 Å². The van der Waals surface area contributed by atoms with E-state index in [1.165, 1.54) is 11.0 Å². The van der Waals surface area contributed by atoms with Crippen molar-refractivity contribution in [2.24, 2.45) is 11.7 Å². The Bertz CT molecular complexity index is 1230. The second kappa shape index (κ2) is 10.3. The Morgan fingerprint density at radius 2 is 1.94 bits per heavy atom. The molecular formula is C26H27ClF2N4O3. The topological polar surface area (TPSA) is 95.7 Å². The smallest absolute Gasteiger partial charge is 0.275 e. The molecule has 10 heteroatoms. The average molecular weight is 517 g/mol. The van der Waals surface area contributed by atoms with Gasteiger partial charge in [0.2, 0.25) is 11.8 Å². The van der Waals surface area contributed by atoms with Crippen LogP contribution in [-0.4, -0.2) is 49.8 Å². The number of rotatable bonds is 5. The highest BCUT2D eigenvalue weighted by Crippen LogP contribution is 2.43. The van der Waals surface area contributed by atoms with Gasteiger partial charge in [-0.2, -0.15) is 0 Å². The monoisotopic (exact) mass is 516 g/mol. The van der Waals surface area contributed by atoms with E-state index in [-0.39, 0.29) is 28.4 Å². The lowest BCUT2D eigenvalue weighted by Crippen LogP contribution is -2.34. The van der Waals surface area contributed by atoms with Gasteiger partial charge in [0.1, 0.15) is 0 Å². The fourth-order valence-electron chi connectivity index (χ4n) is 4.58. The molecule has 2 aromatic rings. The van der Waals surface area contributed by atoms with Gasteiger partial charge in [-0.1, -0.05) is 36.7 Å². The molecule has 7 nitrogen and oxygen atoms in total. The molecule has 0 spiro atoms. The molecule has 0 bridgehead atoms. The minimum absolute atomic E-state index is 0.0429. The Balaban J connectivity index is 1.68. The van der Waals surface area contributed by atoms with Crippen LogP contribution in [0.3, 0.4) is 0 Å². The molecule has 1 atom stereocenters. The molecule has 1 saturated heterocycles. The van der Waals surface area contributed by atoms with Gasteiger partial charge in [-0.05, 0) is 36.6 Å². The minimum Gasteiger partial charge on any atom is -0.371 e. The van der Waals surface area contributed by atoms with Crippen molar-refractivity contribution in [3.8, 4) is 0 Å². The first kappa shape index (κ1) is 25.6. The first-order valence-electron chi connectivity index (χ1n) is 11.7. The zero-order chi connectivity index (χ0) is 26.0. The molecule has 2 heterocycles. The highest BCUT2D eigenvalue weighted by molar-refractivity contribution is 6.35. The van der Waals surface area contributed by atoms with Crippen molar-refractivity contribution in [1.29, 1.82) is 0 Å². The summed E-state index contributed by atoms with van der Waals surface area (Å²) < 4.78 is 30.5. The van der Waals surface area contributed by atoms with Gasteiger partial charge in [-0.3, -0.25) is 14.4 Å². The second-order valence-electron chi connectivity index (χ2n) is 9.17. The maximum Gasteiger partial charge on any atom is 0.275 e. The molecule has 0 saturated carbocycles. The maximum absolute atomic E-state index is 15.2. The fourth-order valence-corrected chi connectivity index (χ4v) is 4.84. The van der Waals surface area contributed by atoms with Gasteiger partial charge < -0.3 is 20.9 Å². The molecule has 0 aliphatic carbocycles. The number of hydrogen-bond donors (Lipinski definition) is 2. The lowest BCUT2D eigenvalue weighted by atomic mass is 9.97. The van der Waals surface area contributed by atoms with Gasteiger partial charge in [-0.15, -0.1) is 0 Å². The summed E-state index contributed by atoms with van der Waals surface area (Å²) in [4.78, 5) is 40.2. The number of carbonyl (C=O) groups excluding carboxylic acids is 3. The Hall–Kier alpha value is -3.46. The van der Waals surface area contributed by atoms with Crippen molar-refractivity contribution in [3.05, 3.63) is 64.7 Å². The van der Waals surface area contributed by atoms with E-state index in [9.17, 15) is 14.4 Å². The second-order valence-corrected chi connectivity index (χ2v) is 9.58. The summed E-state index contributed by atoms with van der Waals surface area (Å²) in [5.41, 5.74) is 5.88. The van der Waals surface area contributed by atoms with Crippen LogP contribution in [-0.2, 0) is 9.59 Å². The maximum atomic E-state index is 15.2. The summed E-state index contributed by atoms with van der Waals surface area (Å²) in [5.74, 6) is -5.03. The third-order valence-corrected chi connectivity index (χ3v) is 6.77. The molecule has 2 aliphatic heterocycles. The van der Waals surface area contributed by atoms with Crippen molar-refractivity contribution in [1.82, 2.24) is 5.32 Å². The predicted octanol–water partition coefficient (Wildman–Crippen LogP) is 3.86. The summed E-state index contributed by atoms with van der Waals surface area (Å²) >= 11 is 6.52. The standard InChI is InChI=1S/C26H27ClF2N4O3/c1-16-8-10-32(15-16)17-6-7-19(21(27)12-17)25(36)33-11-9-26(28,29)20(13-24(35)31-14-23(30)34)18-4-2-3-5-22(18)33/h2-7,12-13,16H,8-11,14-15H2,1H3,(H2,30,34)(H,31,35)/b20-13-/t16-/m0/s1. The largest absolute Gasteiger partial charge is 0.371 e. The number of benzene rings is 2. The van der Waals surface area contributed by atoms with E-state index in [0.717, 1.165) is 31.3 Å². The number of halogens is 3. The Kier molecular flexibility index (Phi) is 7.31. The van der Waals surface area contributed by atoms with Gasteiger partial charge in [0.05, 0.1) is 22.8 Å². The lowest BCUT2D eigenvalue weighted by Gasteiger charge is -2.24. The number of allylic oxidation sites excluding steroid dienone is 1. The van der Waals surface area contributed by atoms with Gasteiger partial charge in [-0.25, -0.2) is 8.78 Å². The van der Waals surface area contributed by atoms with Crippen LogP contribution in [0.4, 0.5) is 20.2 Å². The van der Waals surface area contributed by atoms with Crippen molar-refractivity contribution in [2.75, 3.05) is 36.0 Å². The predicted molar refractivity (Wildman–Crippen MR) is 135 cm³/mol. The van der Waals surface area contributed by atoms with Crippen LogP contribution < -0.4 is 20.9 Å². The number of amides is 3. The van der Waals surface area contributed by atoms with E-state index in [4.69, 9.17) is 17.3 Å². The molecule has 0 aromatic heterocycles. The summed E-state index contributed by atoms with van der Waals surface area (Å²) in [6, 6.07) is 11.4. The van der Waals surface area contributed by atoms with E-state index >= 15 is 8.78 Å². The van der Waals surface area contributed by atoms with Crippen LogP contribution in [0.25, 0.3) is 5.57 Å². The molecule has 36 heavy (non-hydrogen) atoms. The Labute approximate surface area is 212 Å². The highest BCUT2D eigenvalue weighted by atomic mass is 35.5. The number of nitrogens with two attached hydrogens (primary N) is 1. The number of para-hydroxylation sites is 1. The van der Waals surface area contributed by atoms with E-state index < -0.39 is 42.2 Å². The lowest BCUT2D eigenvalue weighted by molar-refractivity contribution is -0.122. The van der Waals surface area contributed by atoms with Crippen LogP contribution in [0, 0.1) is 5.92 Å². The summed E-state index contributed by atoms with van der Waals surface area (Å²) in [7, 11) is 0. The molecule has 3 N–H and O–H groups in total. The van der Waals surface area contributed by atoms with Crippen LogP contribution in [0.5, 0.6) is 0 Å². The minimum atomic E-state index is -3.41. The average Bonchev–Trinajstić information content (AvgIpc) is 3.23. The van der Waals surface area contributed by atoms with Crippen molar-refractivity contribution in [2.45, 2.75) is 25.7 Å².